The van der Waals surface area contributed by atoms with Crippen LogP contribution in [0.4, 0.5) is 0 Å². The Balaban J connectivity index is 4.23. The lowest BCUT2D eigenvalue weighted by Crippen LogP contribution is -2.45. The number of allylic oxidation sites excluding steroid dienone is 7. The Kier molecular flexibility index (Phi) is 48.3. The predicted molar refractivity (Wildman–Crippen MR) is 291 cm³/mol. The van der Waals surface area contributed by atoms with Gasteiger partial charge in [-0.05, 0) is 70.6 Å². The molecule has 0 saturated carbocycles. The minimum absolute atomic E-state index is 0.0513. The molecule has 8 nitrogen and oxygen atoms in total. The number of nitrogens with one attached hydrogen (secondary N) is 1. The van der Waals surface area contributed by atoms with Crippen molar-refractivity contribution in [3.05, 3.63) is 48.6 Å². The summed E-state index contributed by atoms with van der Waals surface area (Å²) in [5, 5.41) is 13.9. The summed E-state index contributed by atoms with van der Waals surface area (Å²) in [5.74, 6) is -0.199. The van der Waals surface area contributed by atoms with Crippen LogP contribution in [0.5, 0.6) is 0 Å². The standard InChI is InChI=1S/C58H111N2O6P/c1-6-8-10-12-14-16-18-20-22-23-24-25-26-27-28-29-30-31-32-33-34-35-36-38-39-41-43-45-47-49-51-57(61)56(55-66-67(63,64)65-54-53-60(3,4)5)59-58(62)52-50-48-46-44-42-40-37-21-19-17-15-13-11-9-7-2/h21,35-37,41,43,49,51,56-57,61H,6-20,22-34,38-40,42,44-48,50,52-55H2,1-5H3,(H-,59,62,63,64)/p+1/b36-35+,37-21-,43-41+,51-49+. The van der Waals surface area contributed by atoms with Gasteiger partial charge >= 0.3 is 7.82 Å². The molecule has 3 atom stereocenters. The van der Waals surface area contributed by atoms with Crippen LogP contribution in [0.3, 0.4) is 0 Å². The minimum Gasteiger partial charge on any atom is -0.387 e. The van der Waals surface area contributed by atoms with Gasteiger partial charge in [0.15, 0.2) is 0 Å². The zero-order valence-electron chi connectivity index (χ0n) is 44.9. The van der Waals surface area contributed by atoms with E-state index in [-0.39, 0.29) is 19.1 Å². The molecule has 0 spiro atoms. The molecule has 0 aromatic heterocycles. The van der Waals surface area contributed by atoms with Crippen molar-refractivity contribution in [1.29, 1.82) is 0 Å². The highest BCUT2D eigenvalue weighted by Gasteiger charge is 2.27. The maximum Gasteiger partial charge on any atom is 0.472 e. The Labute approximate surface area is 416 Å². The van der Waals surface area contributed by atoms with E-state index in [1.165, 1.54) is 186 Å². The molecule has 0 saturated heterocycles. The molecule has 9 heteroatoms. The summed E-state index contributed by atoms with van der Waals surface area (Å²) in [5.41, 5.74) is 0. The van der Waals surface area contributed by atoms with Crippen molar-refractivity contribution in [2.24, 2.45) is 0 Å². The second kappa shape index (κ2) is 49.4. The monoisotopic (exact) mass is 964 g/mol. The van der Waals surface area contributed by atoms with Crippen molar-refractivity contribution in [2.75, 3.05) is 40.9 Å². The van der Waals surface area contributed by atoms with Gasteiger partial charge < -0.3 is 19.8 Å². The van der Waals surface area contributed by atoms with Crippen LogP contribution in [0.25, 0.3) is 0 Å². The zero-order chi connectivity index (χ0) is 49.2. The van der Waals surface area contributed by atoms with E-state index in [9.17, 15) is 19.4 Å². The number of rotatable bonds is 52. The second-order valence-corrected chi connectivity index (χ2v) is 22.1. The van der Waals surface area contributed by atoms with Crippen LogP contribution < -0.4 is 5.32 Å². The SMILES string of the molecule is CCCCCCCC/C=C\CCCCCCCC(=O)NC(COP(=O)(O)OCC[N+](C)(C)C)C(O)/C=C/CC/C=C/CC/C=C/CCCCCCCCCCCCCCCCCCCCCC. The first kappa shape index (κ1) is 65.5. The number of amides is 1. The van der Waals surface area contributed by atoms with E-state index in [1.807, 2.05) is 27.2 Å². The lowest BCUT2D eigenvalue weighted by molar-refractivity contribution is -0.870. The van der Waals surface area contributed by atoms with Crippen molar-refractivity contribution in [1.82, 2.24) is 5.32 Å². The molecule has 0 aromatic rings. The molecular formula is C58H112N2O6P+. The van der Waals surface area contributed by atoms with Crippen molar-refractivity contribution >= 4 is 13.7 Å². The molecule has 1 amide bonds. The topological polar surface area (TPSA) is 105 Å². The Hall–Kier alpha value is -1.54. The first-order valence-corrected chi connectivity index (χ1v) is 30.0. The van der Waals surface area contributed by atoms with E-state index in [0.717, 1.165) is 57.8 Å². The number of aliphatic hydroxyl groups excluding tert-OH is 1. The van der Waals surface area contributed by atoms with E-state index < -0.39 is 20.0 Å². The first-order valence-electron chi connectivity index (χ1n) is 28.5. The van der Waals surface area contributed by atoms with Crippen molar-refractivity contribution < 1.29 is 32.9 Å². The number of carbonyl (C=O) groups is 1. The Morgan fingerprint density at radius 3 is 1.19 bits per heavy atom. The molecule has 0 fully saturated rings. The highest BCUT2D eigenvalue weighted by Crippen LogP contribution is 2.43. The third-order valence-corrected chi connectivity index (χ3v) is 13.7. The number of aliphatic hydroxyl groups is 1. The molecule has 0 aliphatic rings. The van der Waals surface area contributed by atoms with Gasteiger partial charge in [-0.1, -0.05) is 236 Å². The number of hydrogen-bond donors (Lipinski definition) is 3. The number of unbranched alkanes of at least 4 members (excludes halogenated alkanes) is 33. The summed E-state index contributed by atoms with van der Waals surface area (Å²) in [6.07, 6.45) is 65.1. The van der Waals surface area contributed by atoms with Crippen LogP contribution in [-0.2, 0) is 18.4 Å². The van der Waals surface area contributed by atoms with E-state index in [4.69, 9.17) is 9.05 Å². The predicted octanol–water partition coefficient (Wildman–Crippen LogP) is 17.2. The Bertz CT molecular complexity index is 1230. The van der Waals surface area contributed by atoms with Crippen LogP contribution in [0.1, 0.15) is 264 Å². The van der Waals surface area contributed by atoms with Crippen molar-refractivity contribution in [3.63, 3.8) is 0 Å². The lowest BCUT2D eigenvalue weighted by Gasteiger charge is -2.25. The van der Waals surface area contributed by atoms with Gasteiger partial charge in [0.05, 0.1) is 39.9 Å². The van der Waals surface area contributed by atoms with Gasteiger partial charge in [-0.3, -0.25) is 13.8 Å². The van der Waals surface area contributed by atoms with Gasteiger partial charge in [-0.2, -0.15) is 0 Å². The van der Waals surface area contributed by atoms with Crippen LogP contribution >= 0.6 is 7.82 Å². The normalized spacial score (nSPS) is 14.3. The molecule has 0 radical (unpaired) electrons. The highest BCUT2D eigenvalue weighted by molar-refractivity contribution is 7.47. The largest absolute Gasteiger partial charge is 0.472 e. The molecule has 0 rings (SSSR count). The summed E-state index contributed by atoms with van der Waals surface area (Å²) in [6.45, 7) is 4.79. The van der Waals surface area contributed by atoms with Crippen LogP contribution in [0.15, 0.2) is 48.6 Å². The van der Waals surface area contributed by atoms with Crippen LogP contribution in [-0.4, -0.2) is 73.4 Å². The highest BCUT2D eigenvalue weighted by atomic mass is 31.2. The summed E-state index contributed by atoms with van der Waals surface area (Å²) in [4.78, 5) is 23.2. The fourth-order valence-corrected chi connectivity index (χ4v) is 8.98. The van der Waals surface area contributed by atoms with Gasteiger partial charge in [0.2, 0.25) is 5.91 Å². The Morgan fingerprint density at radius 1 is 0.493 bits per heavy atom. The van der Waals surface area contributed by atoms with Gasteiger partial charge in [0, 0.05) is 6.42 Å². The van der Waals surface area contributed by atoms with Crippen molar-refractivity contribution in [2.45, 2.75) is 276 Å². The van der Waals surface area contributed by atoms with Crippen LogP contribution in [0, 0.1) is 0 Å². The number of carbonyl (C=O) groups excluding carboxylic acids is 1. The number of nitrogens with zero attached hydrogens (tertiary/aromatic N) is 1. The molecule has 0 aliphatic heterocycles. The average Bonchev–Trinajstić information content (AvgIpc) is 3.29. The maximum absolute atomic E-state index is 12.9. The third kappa shape index (κ3) is 52.1. The molecular weight excluding hydrogens is 852 g/mol. The van der Waals surface area contributed by atoms with E-state index in [1.54, 1.807) is 6.08 Å². The molecule has 394 valence electrons. The molecule has 0 heterocycles. The second-order valence-electron chi connectivity index (χ2n) is 20.6. The summed E-state index contributed by atoms with van der Waals surface area (Å²) in [6, 6.07) is -0.875. The minimum atomic E-state index is -4.36. The molecule has 0 bridgehead atoms. The average molecular weight is 965 g/mol. The number of likely N-dealkylation sites (N-methyl/N-ethyl adjacent to an activating group) is 1. The molecule has 67 heavy (non-hydrogen) atoms. The van der Waals surface area contributed by atoms with Crippen LogP contribution in [0.2, 0.25) is 0 Å². The van der Waals surface area contributed by atoms with Gasteiger partial charge in [0.25, 0.3) is 0 Å². The number of phosphoric acid groups is 1. The summed E-state index contributed by atoms with van der Waals surface area (Å²) < 4.78 is 23.6. The number of phosphoric ester groups is 1. The number of quaternary nitrogens is 1. The Morgan fingerprint density at radius 2 is 0.821 bits per heavy atom. The fraction of sp³-hybridized carbons (Fsp3) is 0.845. The van der Waals surface area contributed by atoms with E-state index in [0.29, 0.717) is 17.4 Å². The molecule has 3 unspecified atom stereocenters. The van der Waals surface area contributed by atoms with E-state index >= 15 is 0 Å². The molecule has 3 N–H and O–H groups in total. The summed E-state index contributed by atoms with van der Waals surface area (Å²) >= 11 is 0. The third-order valence-electron chi connectivity index (χ3n) is 12.7. The van der Waals surface area contributed by atoms with E-state index in [2.05, 4.69) is 55.6 Å². The van der Waals surface area contributed by atoms with Gasteiger partial charge in [0.1, 0.15) is 13.2 Å². The lowest BCUT2D eigenvalue weighted by atomic mass is 10.0. The zero-order valence-corrected chi connectivity index (χ0v) is 45.8. The molecule has 0 aromatic carbocycles. The van der Waals surface area contributed by atoms with Crippen molar-refractivity contribution in [3.8, 4) is 0 Å². The first-order chi connectivity index (χ1) is 32.5. The van der Waals surface area contributed by atoms with Gasteiger partial charge in [-0.25, -0.2) is 4.57 Å². The maximum atomic E-state index is 12.9. The number of hydrogen-bond acceptors (Lipinski definition) is 5. The smallest absolute Gasteiger partial charge is 0.387 e. The quantitative estimate of drug-likeness (QED) is 0.0243. The molecule has 0 aliphatic carbocycles. The fourth-order valence-electron chi connectivity index (χ4n) is 8.25. The van der Waals surface area contributed by atoms with Gasteiger partial charge in [-0.15, -0.1) is 0 Å². The summed E-state index contributed by atoms with van der Waals surface area (Å²) in [7, 11) is 1.54.